The van der Waals surface area contributed by atoms with Crippen molar-refractivity contribution in [2.45, 2.75) is 124 Å². The summed E-state index contributed by atoms with van der Waals surface area (Å²) in [5.41, 5.74) is -3.58. The molecule has 0 saturated carbocycles. The molecule has 1 N–H and O–H groups in total. The minimum atomic E-state index is -4.15. The summed E-state index contributed by atoms with van der Waals surface area (Å²) in [5, 5.41) is 13.0. The molecule has 0 spiro atoms. The number of nitrogens with zero attached hydrogens (tertiary/aromatic N) is 3. The van der Waals surface area contributed by atoms with Gasteiger partial charge in [-0.2, -0.15) is 0 Å². The molecule has 0 atom stereocenters. The average molecular weight is 877 g/mol. The number of aromatic hydroxyl groups is 1. The molecule has 4 nitrogen and oxygen atoms in total. The Morgan fingerprint density at radius 2 is 1.22 bits per heavy atom. The summed E-state index contributed by atoms with van der Waals surface area (Å²) in [6.45, 7) is -8.75. The SMILES string of the molecule is [2H]C(C)(C)c1cc(-n2c(-c3cc(C(C([2H])([2H])[2H])(C([2H])([2H])[2H])C([2H])([2H])[2H])cc(C(C([2H])([2H])[2H])(C([2H])([2H])[2H])C([2H])([2H])[2H])c3O)nc3c(-c4cc(-c5cc(-c6ccc(C(C)(C)C)cc6)ccn5)cc(C(C)(C)C)c4)cccc32)ccc1-c1ccccc1. The molecule has 2 aromatic heterocycles. The highest BCUT2D eigenvalue weighted by atomic mass is 16.3. The summed E-state index contributed by atoms with van der Waals surface area (Å²) in [6, 6.07) is 38.5. The van der Waals surface area contributed by atoms with E-state index in [2.05, 4.69) is 45.0 Å². The zero-order chi connectivity index (χ0) is 62.7. The fourth-order valence-corrected chi connectivity index (χ4v) is 8.33. The van der Waals surface area contributed by atoms with E-state index in [0.29, 0.717) is 39.6 Å². The van der Waals surface area contributed by atoms with Crippen molar-refractivity contribution in [3.63, 3.8) is 0 Å². The summed E-state index contributed by atoms with van der Waals surface area (Å²) in [4.78, 5) is 9.99. The molecule has 332 valence electrons. The number of phenols is 1. The number of pyridine rings is 1. The van der Waals surface area contributed by atoms with E-state index in [1.54, 1.807) is 56.4 Å². The van der Waals surface area contributed by atoms with Crippen molar-refractivity contribution in [3.05, 3.63) is 167 Å². The van der Waals surface area contributed by atoms with Crippen LogP contribution < -0.4 is 0 Å². The van der Waals surface area contributed by atoms with Crippen molar-refractivity contribution in [1.29, 1.82) is 0 Å². The molecular weight excluding hydrogens is 791 g/mol. The van der Waals surface area contributed by atoms with Gasteiger partial charge in [0.1, 0.15) is 11.6 Å². The van der Waals surface area contributed by atoms with Crippen LogP contribution in [0.25, 0.3) is 72.7 Å². The van der Waals surface area contributed by atoms with E-state index in [1.165, 1.54) is 10.1 Å². The van der Waals surface area contributed by atoms with Gasteiger partial charge in [0.05, 0.1) is 22.3 Å². The molecule has 0 aliphatic rings. The molecule has 0 fully saturated rings. The van der Waals surface area contributed by atoms with Crippen LogP contribution >= 0.6 is 0 Å². The first-order chi connectivity index (χ1) is 38.3. The highest BCUT2D eigenvalue weighted by Crippen LogP contribution is 2.45. The van der Waals surface area contributed by atoms with Crippen LogP contribution in [0.3, 0.4) is 0 Å². The van der Waals surface area contributed by atoms with Crippen molar-refractivity contribution in [2.75, 3.05) is 0 Å². The molecule has 0 amide bonds. The zero-order valence-corrected chi connectivity index (χ0v) is 38.1. The summed E-state index contributed by atoms with van der Waals surface area (Å²) >= 11 is 0. The Hall–Kier alpha value is -6.26. The summed E-state index contributed by atoms with van der Waals surface area (Å²) in [5.74, 6) is -3.18. The lowest BCUT2D eigenvalue weighted by Gasteiger charge is -2.27. The minimum absolute atomic E-state index is 0.0662. The van der Waals surface area contributed by atoms with E-state index < -0.39 is 91.5 Å². The van der Waals surface area contributed by atoms with E-state index in [1.807, 2.05) is 81.4 Å². The van der Waals surface area contributed by atoms with Gasteiger partial charge in [0.2, 0.25) is 0 Å². The maximum atomic E-state index is 13.0. The Labute approximate surface area is 415 Å². The summed E-state index contributed by atoms with van der Waals surface area (Å²) < 4.78 is 169. The highest BCUT2D eigenvalue weighted by Gasteiger charge is 2.29. The number of hydrogen-bond donors (Lipinski definition) is 1. The van der Waals surface area contributed by atoms with Crippen LogP contribution in [0.4, 0.5) is 0 Å². The van der Waals surface area contributed by atoms with Crippen molar-refractivity contribution < 1.29 is 31.2 Å². The van der Waals surface area contributed by atoms with Crippen LogP contribution in [0.2, 0.25) is 0 Å². The Kier molecular flexibility index (Phi) is 6.98. The lowest BCUT2D eigenvalue weighted by molar-refractivity contribution is 0.446. The van der Waals surface area contributed by atoms with Gasteiger partial charge in [0, 0.05) is 54.6 Å². The number of para-hydroxylation sites is 1. The van der Waals surface area contributed by atoms with Gasteiger partial charge in [-0.1, -0.05) is 181 Å². The number of phenolic OH excluding ortho intramolecular Hbond substituents is 1. The van der Waals surface area contributed by atoms with Gasteiger partial charge in [-0.15, -0.1) is 0 Å². The van der Waals surface area contributed by atoms with Crippen LogP contribution in [0.1, 0.15) is 156 Å². The monoisotopic (exact) mass is 877 g/mol. The van der Waals surface area contributed by atoms with Gasteiger partial charge < -0.3 is 5.11 Å². The second-order valence-corrected chi connectivity index (χ2v) is 19.3. The number of benzene rings is 6. The fraction of sp³-hybridized carbons (Fsp3) is 0.311. The Morgan fingerprint density at radius 3 is 1.88 bits per heavy atom. The minimum Gasteiger partial charge on any atom is -0.507 e. The van der Waals surface area contributed by atoms with Crippen molar-refractivity contribution in [2.24, 2.45) is 0 Å². The van der Waals surface area contributed by atoms with E-state index in [-0.39, 0.29) is 28.2 Å². The lowest BCUT2D eigenvalue weighted by Crippen LogP contribution is -2.17. The maximum absolute atomic E-state index is 13.0. The van der Waals surface area contributed by atoms with Crippen LogP contribution in [-0.4, -0.2) is 19.6 Å². The molecule has 6 aromatic carbocycles. The molecule has 65 heavy (non-hydrogen) atoms. The number of rotatable bonds is 7. The largest absolute Gasteiger partial charge is 0.507 e. The summed E-state index contributed by atoms with van der Waals surface area (Å²) in [6.07, 6.45) is 1.73. The predicted molar refractivity (Wildman–Crippen MR) is 277 cm³/mol. The average Bonchev–Trinajstić information content (AvgIpc) is 0.795. The normalized spacial score (nSPS) is 18.3. The van der Waals surface area contributed by atoms with Gasteiger partial charge in [0.25, 0.3) is 0 Å². The quantitative estimate of drug-likeness (QED) is 0.174. The topological polar surface area (TPSA) is 50.9 Å². The molecule has 8 aromatic rings. The molecule has 8 rings (SSSR count). The van der Waals surface area contributed by atoms with Crippen molar-refractivity contribution in [1.82, 2.24) is 14.5 Å². The number of aromatic nitrogens is 3. The van der Waals surface area contributed by atoms with Crippen molar-refractivity contribution >= 4 is 11.0 Å². The first-order valence-electron chi connectivity index (χ1n) is 31.1. The van der Waals surface area contributed by atoms with E-state index in [9.17, 15) is 6.48 Å². The smallest absolute Gasteiger partial charge is 0.149 e. The van der Waals surface area contributed by atoms with E-state index >= 15 is 0 Å². The number of fused-ring (bicyclic) bond motifs is 1. The number of imidazole rings is 1. The molecule has 2 heterocycles. The van der Waals surface area contributed by atoms with Gasteiger partial charge in [-0.25, -0.2) is 4.98 Å². The van der Waals surface area contributed by atoms with Gasteiger partial charge in [0.15, 0.2) is 0 Å². The molecule has 0 radical (unpaired) electrons. The fourth-order valence-electron chi connectivity index (χ4n) is 8.33. The Bertz CT molecular complexity index is 3700. The van der Waals surface area contributed by atoms with E-state index in [0.717, 1.165) is 22.3 Å². The van der Waals surface area contributed by atoms with Gasteiger partial charge in [-0.05, 0) is 126 Å². The molecule has 0 aliphatic heterocycles. The van der Waals surface area contributed by atoms with Crippen LogP contribution in [0, 0.1) is 0 Å². The standard InChI is InChI=1S/C61H67N3O/c1-38(2)50-37-47(27-28-48(50)40-19-16-15-17-20-40)64-54-22-18-21-49(55(54)63-57(64)51-35-46(60(9,10)11)36-52(56(51)65)61(12,13)14)42-31-43(33-45(32-42)59(6,7)8)53-34-41(29-30-62-53)39-23-25-44(26-24-39)58(3,4)5/h15-38,65H,1-14H3/i9D3,10D3,11D3,12D3,13D3,14D3,38D. The lowest BCUT2D eigenvalue weighted by atomic mass is 9.79. The zero-order valence-electron chi connectivity index (χ0n) is 57.1. The Balaban J connectivity index is 1.57. The highest BCUT2D eigenvalue weighted by molar-refractivity contribution is 5.97. The molecular formula is C61H67N3O. The third kappa shape index (κ3) is 9.06. The van der Waals surface area contributed by atoms with Gasteiger partial charge >= 0.3 is 0 Å². The summed E-state index contributed by atoms with van der Waals surface area (Å²) in [7, 11) is 0. The van der Waals surface area contributed by atoms with Crippen molar-refractivity contribution in [3.8, 4) is 67.5 Å². The molecule has 0 bridgehead atoms. The third-order valence-electron chi connectivity index (χ3n) is 12.0. The molecule has 0 unspecified atom stereocenters. The second-order valence-electron chi connectivity index (χ2n) is 19.3. The van der Waals surface area contributed by atoms with Crippen LogP contribution in [0.15, 0.2) is 140 Å². The third-order valence-corrected chi connectivity index (χ3v) is 12.0. The maximum Gasteiger partial charge on any atom is 0.149 e. The van der Waals surface area contributed by atoms with Gasteiger partial charge in [-0.3, -0.25) is 9.55 Å². The predicted octanol–water partition coefficient (Wildman–Crippen LogP) is 16.8. The molecule has 0 aliphatic carbocycles. The number of hydrogen-bond acceptors (Lipinski definition) is 3. The first-order valence-corrected chi connectivity index (χ1v) is 21.6. The molecule has 4 heteroatoms. The second kappa shape index (κ2) is 16.6. The first kappa shape index (κ1) is 27.3. The molecule has 0 saturated heterocycles. The Morgan fingerprint density at radius 1 is 0.538 bits per heavy atom. The van der Waals surface area contributed by atoms with Crippen LogP contribution in [-0.2, 0) is 21.7 Å². The van der Waals surface area contributed by atoms with Crippen LogP contribution in [0.5, 0.6) is 5.75 Å². The van der Waals surface area contributed by atoms with E-state index in [4.69, 9.17) is 34.6 Å².